The van der Waals surface area contributed by atoms with Gasteiger partial charge in [-0.25, -0.2) is 4.98 Å². The highest BCUT2D eigenvalue weighted by Crippen LogP contribution is 2.30. The van der Waals surface area contributed by atoms with Crippen LogP contribution in [0.15, 0.2) is 85.1 Å². The lowest BCUT2D eigenvalue weighted by atomic mass is 10.0. The van der Waals surface area contributed by atoms with Crippen LogP contribution in [0.5, 0.6) is 11.5 Å². The summed E-state index contributed by atoms with van der Waals surface area (Å²) < 4.78 is 0. The Morgan fingerprint density at radius 3 is 2.00 bits per heavy atom. The Labute approximate surface area is 151 Å². The maximum Gasteiger partial charge on any atom is 0.116 e. The largest absolute Gasteiger partial charge is 0.508 e. The van der Waals surface area contributed by atoms with Crippen LogP contribution in [0.25, 0.3) is 33.8 Å². The van der Waals surface area contributed by atoms with Gasteiger partial charge in [0, 0.05) is 22.9 Å². The summed E-state index contributed by atoms with van der Waals surface area (Å²) in [7, 11) is 0. The number of hydrogen-bond donors (Lipinski definition) is 2. The minimum Gasteiger partial charge on any atom is -0.508 e. The quantitative estimate of drug-likeness (QED) is 0.557. The van der Waals surface area contributed by atoms with Crippen LogP contribution in [0.1, 0.15) is 0 Å². The Morgan fingerprint density at radius 2 is 1.31 bits per heavy atom. The third-order valence-electron chi connectivity index (χ3n) is 4.09. The molecule has 0 aliphatic rings. The SMILES string of the molecule is Oc1ccc(-c2cc(-c3ccccn3)cc(-c3cccc(O)c3)n2)cc1. The van der Waals surface area contributed by atoms with Gasteiger partial charge in [-0.1, -0.05) is 18.2 Å². The first-order valence-corrected chi connectivity index (χ1v) is 8.21. The van der Waals surface area contributed by atoms with E-state index in [0.717, 1.165) is 33.8 Å². The van der Waals surface area contributed by atoms with Crippen molar-refractivity contribution in [3.8, 4) is 45.3 Å². The van der Waals surface area contributed by atoms with Crippen LogP contribution in [0.2, 0.25) is 0 Å². The second-order valence-corrected chi connectivity index (χ2v) is 5.94. The van der Waals surface area contributed by atoms with Crippen molar-refractivity contribution in [2.75, 3.05) is 0 Å². The highest BCUT2D eigenvalue weighted by Gasteiger charge is 2.10. The van der Waals surface area contributed by atoms with Crippen LogP contribution < -0.4 is 0 Å². The molecule has 0 saturated heterocycles. The van der Waals surface area contributed by atoms with E-state index in [2.05, 4.69) is 4.98 Å². The lowest BCUT2D eigenvalue weighted by molar-refractivity contribution is 0.475. The Morgan fingerprint density at radius 1 is 0.538 bits per heavy atom. The molecule has 0 amide bonds. The van der Waals surface area contributed by atoms with Gasteiger partial charge in [-0.2, -0.15) is 0 Å². The minimum atomic E-state index is 0.193. The molecule has 2 aromatic carbocycles. The lowest BCUT2D eigenvalue weighted by Crippen LogP contribution is -1.92. The van der Waals surface area contributed by atoms with Crippen molar-refractivity contribution in [2.45, 2.75) is 0 Å². The molecule has 126 valence electrons. The number of pyridine rings is 2. The number of benzene rings is 2. The summed E-state index contributed by atoms with van der Waals surface area (Å²) in [5.74, 6) is 0.404. The summed E-state index contributed by atoms with van der Waals surface area (Å²) in [6.45, 7) is 0. The smallest absolute Gasteiger partial charge is 0.116 e. The molecule has 0 fully saturated rings. The van der Waals surface area contributed by atoms with Gasteiger partial charge in [-0.3, -0.25) is 4.98 Å². The maximum atomic E-state index is 9.81. The third-order valence-corrected chi connectivity index (χ3v) is 4.09. The van der Waals surface area contributed by atoms with Crippen LogP contribution in [0.4, 0.5) is 0 Å². The summed E-state index contributed by atoms with van der Waals surface area (Å²) in [4.78, 5) is 9.18. The monoisotopic (exact) mass is 340 g/mol. The molecule has 4 aromatic rings. The van der Waals surface area contributed by atoms with Crippen LogP contribution in [-0.2, 0) is 0 Å². The van der Waals surface area contributed by atoms with Gasteiger partial charge in [0.2, 0.25) is 0 Å². The van der Waals surface area contributed by atoms with Crippen LogP contribution in [0, 0.1) is 0 Å². The highest BCUT2D eigenvalue weighted by molar-refractivity contribution is 5.75. The zero-order chi connectivity index (χ0) is 17.9. The van der Waals surface area contributed by atoms with Gasteiger partial charge in [-0.05, 0) is 60.7 Å². The molecule has 0 atom stereocenters. The van der Waals surface area contributed by atoms with E-state index in [1.807, 2.05) is 48.5 Å². The average Bonchev–Trinajstić information content (AvgIpc) is 2.69. The molecule has 0 radical (unpaired) electrons. The molecular weight excluding hydrogens is 324 g/mol. The van der Waals surface area contributed by atoms with E-state index in [-0.39, 0.29) is 11.5 Å². The number of nitrogens with zero attached hydrogens (tertiary/aromatic N) is 2. The first kappa shape index (κ1) is 15.8. The predicted molar refractivity (Wildman–Crippen MR) is 102 cm³/mol. The summed E-state index contributed by atoms with van der Waals surface area (Å²) >= 11 is 0. The van der Waals surface area contributed by atoms with Crippen molar-refractivity contribution < 1.29 is 10.2 Å². The van der Waals surface area contributed by atoms with Gasteiger partial charge in [0.25, 0.3) is 0 Å². The fourth-order valence-electron chi connectivity index (χ4n) is 2.81. The van der Waals surface area contributed by atoms with E-state index in [1.165, 1.54) is 0 Å². The van der Waals surface area contributed by atoms with Crippen molar-refractivity contribution >= 4 is 0 Å². The molecule has 0 bridgehead atoms. The van der Waals surface area contributed by atoms with Gasteiger partial charge in [0.05, 0.1) is 17.1 Å². The van der Waals surface area contributed by atoms with E-state index in [0.29, 0.717) is 0 Å². The molecule has 0 saturated carbocycles. The number of rotatable bonds is 3. The first-order valence-electron chi connectivity index (χ1n) is 8.21. The second-order valence-electron chi connectivity index (χ2n) is 5.94. The molecule has 0 unspecified atom stereocenters. The van der Waals surface area contributed by atoms with E-state index in [1.54, 1.807) is 36.5 Å². The summed E-state index contributed by atoms with van der Waals surface area (Å²) in [6.07, 6.45) is 1.75. The van der Waals surface area contributed by atoms with Crippen LogP contribution in [0.3, 0.4) is 0 Å². The van der Waals surface area contributed by atoms with Gasteiger partial charge >= 0.3 is 0 Å². The maximum absolute atomic E-state index is 9.81. The molecule has 0 spiro atoms. The van der Waals surface area contributed by atoms with Crippen molar-refractivity contribution in [1.29, 1.82) is 0 Å². The number of phenols is 2. The summed E-state index contributed by atoms with van der Waals surface area (Å²) in [6, 6.07) is 23.6. The Bertz CT molecular complexity index is 1050. The molecular formula is C22H16N2O2. The third kappa shape index (κ3) is 3.26. The number of aromatic nitrogens is 2. The van der Waals surface area contributed by atoms with Gasteiger partial charge in [0.15, 0.2) is 0 Å². The summed E-state index contributed by atoms with van der Waals surface area (Å²) in [5.41, 5.74) is 5.00. The standard InChI is InChI=1S/C22H16N2O2/c25-18-9-7-15(8-10-18)21-13-17(20-6-1-2-11-23-20)14-22(24-21)16-4-3-5-19(26)12-16/h1-14,25-26H. The Hall–Kier alpha value is -3.66. The highest BCUT2D eigenvalue weighted by atomic mass is 16.3. The Kier molecular flexibility index (Phi) is 4.07. The molecule has 2 aromatic heterocycles. The molecule has 2 N–H and O–H groups in total. The molecule has 2 heterocycles. The fourth-order valence-corrected chi connectivity index (χ4v) is 2.81. The number of aromatic hydroxyl groups is 2. The van der Waals surface area contributed by atoms with Crippen molar-refractivity contribution in [3.63, 3.8) is 0 Å². The lowest BCUT2D eigenvalue weighted by Gasteiger charge is -2.10. The zero-order valence-electron chi connectivity index (χ0n) is 13.9. The van der Waals surface area contributed by atoms with Gasteiger partial charge in [-0.15, -0.1) is 0 Å². The Balaban J connectivity index is 1.91. The van der Waals surface area contributed by atoms with E-state index < -0.39 is 0 Å². The first-order chi connectivity index (χ1) is 12.7. The molecule has 26 heavy (non-hydrogen) atoms. The molecule has 0 aliphatic carbocycles. The van der Waals surface area contributed by atoms with E-state index in [9.17, 15) is 10.2 Å². The topological polar surface area (TPSA) is 66.2 Å². The molecule has 0 aliphatic heterocycles. The van der Waals surface area contributed by atoms with Crippen molar-refractivity contribution in [2.24, 2.45) is 0 Å². The zero-order valence-corrected chi connectivity index (χ0v) is 13.9. The average molecular weight is 340 g/mol. The van der Waals surface area contributed by atoms with Gasteiger partial charge < -0.3 is 10.2 Å². The van der Waals surface area contributed by atoms with E-state index in [4.69, 9.17) is 4.98 Å². The number of phenolic OH excluding ortho intramolecular Hbond substituents is 2. The van der Waals surface area contributed by atoms with Crippen LogP contribution >= 0.6 is 0 Å². The summed E-state index contributed by atoms with van der Waals surface area (Å²) in [5, 5.41) is 19.4. The minimum absolute atomic E-state index is 0.193. The van der Waals surface area contributed by atoms with Gasteiger partial charge in [0.1, 0.15) is 11.5 Å². The van der Waals surface area contributed by atoms with Crippen LogP contribution in [-0.4, -0.2) is 20.2 Å². The van der Waals surface area contributed by atoms with Crippen molar-refractivity contribution in [1.82, 2.24) is 9.97 Å². The van der Waals surface area contributed by atoms with Crippen molar-refractivity contribution in [3.05, 3.63) is 85.1 Å². The second kappa shape index (κ2) is 6.69. The fraction of sp³-hybridized carbons (Fsp3) is 0. The normalized spacial score (nSPS) is 10.6. The number of hydrogen-bond acceptors (Lipinski definition) is 4. The van der Waals surface area contributed by atoms with E-state index >= 15 is 0 Å². The molecule has 4 heteroatoms. The molecule has 4 rings (SSSR count). The predicted octanol–water partition coefficient (Wildman–Crippen LogP) is 4.89. The molecule has 4 nitrogen and oxygen atoms in total.